The number of hydrogen-bond donors (Lipinski definition) is 2. The molecule has 1 spiro atoms. The highest BCUT2D eigenvalue weighted by atomic mass is 16.5. The van der Waals surface area contributed by atoms with E-state index in [1.165, 1.54) is 6.08 Å². The van der Waals surface area contributed by atoms with Crippen LogP contribution in [0.3, 0.4) is 0 Å². The number of ether oxygens (including phenoxy) is 2. The van der Waals surface area contributed by atoms with E-state index in [4.69, 9.17) is 14.5 Å². The van der Waals surface area contributed by atoms with Gasteiger partial charge in [0.05, 0.1) is 41.9 Å². The number of rotatable bonds is 10. The Balaban J connectivity index is 1.34. The molecular formula is C31H35N7O3. The topological polar surface area (TPSA) is 96.8 Å². The van der Waals surface area contributed by atoms with E-state index < -0.39 is 0 Å². The van der Waals surface area contributed by atoms with Gasteiger partial charge in [-0.05, 0) is 51.2 Å². The minimum absolute atomic E-state index is 0.0576. The van der Waals surface area contributed by atoms with E-state index in [1.54, 1.807) is 13.3 Å². The van der Waals surface area contributed by atoms with Crippen LogP contribution in [0.4, 0.5) is 23.0 Å². The van der Waals surface area contributed by atoms with Crippen LogP contribution in [0.15, 0.2) is 61.4 Å². The van der Waals surface area contributed by atoms with Gasteiger partial charge in [0.1, 0.15) is 17.1 Å². The first-order valence-corrected chi connectivity index (χ1v) is 13.7. The number of para-hydroxylation sites is 1. The number of amides is 1. The summed E-state index contributed by atoms with van der Waals surface area (Å²) in [6.45, 7) is 6.05. The standard InChI is InChI=1S/C31H35N7O3/c1-6-28(39)33-23-16-24(27(40-5)17-25(23)37(4)15-14-36(2)3)35-30-32-13-10-22(34-30)21-18-38-19-31(11-12-31)41-26-9-7-8-20(21)29(26)38/h6-10,13,16-18H,1,11-12,14-15,19H2,2-5H3,(H,33,39)(H,32,34,35). The van der Waals surface area contributed by atoms with Crippen molar-refractivity contribution in [2.24, 2.45) is 0 Å². The van der Waals surface area contributed by atoms with Gasteiger partial charge in [0, 0.05) is 49.5 Å². The van der Waals surface area contributed by atoms with Crippen molar-refractivity contribution in [1.82, 2.24) is 19.4 Å². The second-order valence-electron chi connectivity index (χ2n) is 11.0. The van der Waals surface area contributed by atoms with Crippen molar-refractivity contribution in [3.8, 4) is 22.8 Å². The van der Waals surface area contributed by atoms with Gasteiger partial charge < -0.3 is 34.5 Å². The van der Waals surface area contributed by atoms with E-state index in [1.807, 2.05) is 51.5 Å². The van der Waals surface area contributed by atoms with Gasteiger partial charge in [0.15, 0.2) is 0 Å². The monoisotopic (exact) mass is 553 g/mol. The largest absolute Gasteiger partial charge is 0.494 e. The molecule has 0 saturated heterocycles. The second kappa shape index (κ2) is 10.4. The van der Waals surface area contributed by atoms with Crippen LogP contribution < -0.4 is 25.0 Å². The molecule has 0 atom stereocenters. The van der Waals surface area contributed by atoms with Gasteiger partial charge in [0.2, 0.25) is 11.9 Å². The van der Waals surface area contributed by atoms with Crippen molar-refractivity contribution in [2.75, 3.05) is 56.9 Å². The Bertz CT molecular complexity index is 1640. The van der Waals surface area contributed by atoms with Crippen molar-refractivity contribution >= 4 is 39.8 Å². The number of aromatic nitrogens is 3. The molecular weight excluding hydrogens is 518 g/mol. The molecule has 2 aromatic heterocycles. The molecule has 6 rings (SSSR count). The summed E-state index contributed by atoms with van der Waals surface area (Å²) >= 11 is 0. The van der Waals surface area contributed by atoms with Gasteiger partial charge in [-0.25, -0.2) is 9.97 Å². The lowest BCUT2D eigenvalue weighted by molar-refractivity contribution is -0.111. The maximum Gasteiger partial charge on any atom is 0.247 e. The third-order valence-electron chi connectivity index (χ3n) is 7.69. The Morgan fingerprint density at radius 2 is 2.02 bits per heavy atom. The molecule has 0 unspecified atom stereocenters. The SMILES string of the molecule is C=CC(=O)Nc1cc(Nc2nccc(-c3cn4c5c(cccc35)OC3(CC3)C4)n2)c(OC)cc1N(C)CCN(C)C. The van der Waals surface area contributed by atoms with E-state index in [-0.39, 0.29) is 11.5 Å². The Hall–Kier alpha value is -4.57. The molecule has 2 N–H and O–H groups in total. The highest BCUT2D eigenvalue weighted by Gasteiger charge is 2.48. The third-order valence-corrected chi connectivity index (χ3v) is 7.69. The number of nitrogens with one attached hydrogen (secondary N) is 2. The summed E-state index contributed by atoms with van der Waals surface area (Å²) in [6.07, 6.45) is 7.33. The molecule has 1 aliphatic heterocycles. The highest BCUT2D eigenvalue weighted by molar-refractivity contribution is 6.02. The molecule has 0 radical (unpaired) electrons. The number of methoxy groups -OCH3 is 1. The molecule has 212 valence electrons. The second-order valence-corrected chi connectivity index (χ2v) is 11.0. The molecule has 3 heterocycles. The van der Waals surface area contributed by atoms with E-state index in [2.05, 4.69) is 48.8 Å². The van der Waals surface area contributed by atoms with Crippen LogP contribution in [-0.2, 0) is 11.3 Å². The maximum absolute atomic E-state index is 12.3. The summed E-state index contributed by atoms with van der Waals surface area (Å²) in [6, 6.07) is 11.8. The molecule has 4 aromatic rings. The van der Waals surface area contributed by atoms with E-state index >= 15 is 0 Å². The molecule has 1 saturated carbocycles. The summed E-state index contributed by atoms with van der Waals surface area (Å²) in [5.74, 6) is 1.64. The molecule has 10 nitrogen and oxygen atoms in total. The van der Waals surface area contributed by atoms with Crippen LogP contribution in [-0.4, -0.2) is 72.3 Å². The minimum Gasteiger partial charge on any atom is -0.494 e. The highest BCUT2D eigenvalue weighted by Crippen LogP contribution is 2.49. The fraction of sp³-hybridized carbons (Fsp3) is 0.323. The van der Waals surface area contributed by atoms with Crippen molar-refractivity contribution < 1.29 is 14.3 Å². The number of carbonyl (C=O) groups is 1. The van der Waals surface area contributed by atoms with Gasteiger partial charge in [-0.3, -0.25) is 4.79 Å². The van der Waals surface area contributed by atoms with Gasteiger partial charge in [0.25, 0.3) is 0 Å². The van der Waals surface area contributed by atoms with Gasteiger partial charge in [-0.2, -0.15) is 0 Å². The number of hydrogen-bond acceptors (Lipinski definition) is 8. The van der Waals surface area contributed by atoms with Crippen LogP contribution in [0.2, 0.25) is 0 Å². The predicted molar refractivity (Wildman–Crippen MR) is 162 cm³/mol. The van der Waals surface area contributed by atoms with Crippen molar-refractivity contribution in [1.29, 1.82) is 0 Å². The smallest absolute Gasteiger partial charge is 0.247 e. The Morgan fingerprint density at radius 1 is 1.20 bits per heavy atom. The van der Waals surface area contributed by atoms with Crippen molar-refractivity contribution in [2.45, 2.75) is 25.0 Å². The van der Waals surface area contributed by atoms with Crippen molar-refractivity contribution in [3.63, 3.8) is 0 Å². The summed E-state index contributed by atoms with van der Waals surface area (Å²) in [5.41, 5.74) is 4.94. The lowest BCUT2D eigenvalue weighted by Gasteiger charge is -2.26. The summed E-state index contributed by atoms with van der Waals surface area (Å²) in [7, 11) is 7.65. The molecule has 2 aromatic carbocycles. The van der Waals surface area contributed by atoms with Crippen LogP contribution in [0.5, 0.6) is 11.5 Å². The fourth-order valence-electron chi connectivity index (χ4n) is 5.31. The van der Waals surface area contributed by atoms with Gasteiger partial charge in [-0.15, -0.1) is 0 Å². The molecule has 1 fully saturated rings. The predicted octanol–water partition coefficient (Wildman–Crippen LogP) is 4.90. The molecule has 1 amide bonds. The van der Waals surface area contributed by atoms with Crippen LogP contribution >= 0.6 is 0 Å². The third kappa shape index (κ3) is 5.18. The normalized spacial score (nSPS) is 14.6. The number of benzene rings is 2. The van der Waals surface area contributed by atoms with E-state index in [0.29, 0.717) is 23.1 Å². The average Bonchev–Trinajstić information content (AvgIpc) is 3.60. The quantitative estimate of drug-likeness (QED) is 0.268. The molecule has 0 bridgehead atoms. The minimum atomic E-state index is -0.299. The first kappa shape index (κ1) is 26.6. The Labute approximate surface area is 239 Å². The van der Waals surface area contributed by atoms with Crippen LogP contribution in [0, 0.1) is 0 Å². The number of nitrogens with zero attached hydrogens (tertiary/aromatic N) is 5. The van der Waals surface area contributed by atoms with Gasteiger partial charge in [-0.1, -0.05) is 18.7 Å². The first-order chi connectivity index (χ1) is 19.8. The number of carbonyl (C=O) groups excluding carboxylic acids is 1. The molecule has 2 aliphatic rings. The Morgan fingerprint density at radius 3 is 2.76 bits per heavy atom. The number of likely N-dealkylation sites (N-methyl/N-ethyl adjacent to an activating group) is 2. The van der Waals surface area contributed by atoms with Crippen LogP contribution in [0.1, 0.15) is 12.8 Å². The zero-order valence-electron chi connectivity index (χ0n) is 23.9. The maximum atomic E-state index is 12.3. The summed E-state index contributed by atoms with van der Waals surface area (Å²) < 4.78 is 14.4. The lowest BCUT2D eigenvalue weighted by atomic mass is 10.1. The average molecular weight is 554 g/mol. The zero-order chi connectivity index (χ0) is 28.7. The summed E-state index contributed by atoms with van der Waals surface area (Å²) in [4.78, 5) is 25.9. The first-order valence-electron chi connectivity index (χ1n) is 13.7. The lowest BCUT2D eigenvalue weighted by Crippen LogP contribution is -2.29. The van der Waals surface area contributed by atoms with Crippen LogP contribution in [0.25, 0.3) is 22.2 Å². The van der Waals surface area contributed by atoms with E-state index in [9.17, 15) is 4.79 Å². The van der Waals surface area contributed by atoms with Gasteiger partial charge >= 0.3 is 0 Å². The Kier molecular flexibility index (Phi) is 6.78. The van der Waals surface area contributed by atoms with E-state index in [0.717, 1.165) is 66.1 Å². The molecule has 10 heteroatoms. The fourth-order valence-corrected chi connectivity index (χ4v) is 5.31. The zero-order valence-corrected chi connectivity index (χ0v) is 23.9. The molecule has 41 heavy (non-hydrogen) atoms. The number of anilines is 4. The summed E-state index contributed by atoms with van der Waals surface area (Å²) in [5, 5.41) is 7.34. The van der Waals surface area contributed by atoms with Crippen molar-refractivity contribution in [3.05, 3.63) is 61.4 Å². The molecule has 1 aliphatic carbocycles.